The highest BCUT2D eigenvalue weighted by molar-refractivity contribution is 5.99. The predicted octanol–water partition coefficient (Wildman–Crippen LogP) is 8.09. The second-order valence-corrected chi connectivity index (χ2v) is 7.77. The molecule has 30 heavy (non-hydrogen) atoms. The first kappa shape index (κ1) is 20.1. The molecule has 0 bridgehead atoms. The number of rotatable bonds is 7. The first-order valence-electron chi connectivity index (χ1n) is 11.0. The molecule has 0 aliphatic heterocycles. The molecule has 0 radical (unpaired) electrons. The molecular weight excluding hydrogens is 362 g/mol. The number of nitrogens with zero attached hydrogens (tertiary/aromatic N) is 1. The molecule has 3 aromatic rings. The van der Waals surface area contributed by atoms with Crippen molar-refractivity contribution in [2.45, 2.75) is 39.0 Å². The average molecular weight is 392 g/mol. The van der Waals surface area contributed by atoms with Crippen LogP contribution in [-0.2, 0) is 6.42 Å². The lowest BCUT2D eigenvalue weighted by Crippen LogP contribution is -2.01. The quantitative estimate of drug-likeness (QED) is 0.371. The van der Waals surface area contributed by atoms with Gasteiger partial charge in [-0.2, -0.15) is 0 Å². The van der Waals surface area contributed by atoms with Gasteiger partial charge in [-0.25, -0.2) is 0 Å². The fourth-order valence-corrected chi connectivity index (χ4v) is 4.28. The van der Waals surface area contributed by atoms with Crippen LogP contribution in [0.15, 0.2) is 97.3 Å². The van der Waals surface area contributed by atoms with Crippen LogP contribution in [0.3, 0.4) is 0 Å². The summed E-state index contributed by atoms with van der Waals surface area (Å²) in [5, 5.41) is 1.23. The Labute approximate surface area is 180 Å². The summed E-state index contributed by atoms with van der Waals surface area (Å²) in [7, 11) is 0. The van der Waals surface area contributed by atoms with Gasteiger partial charge in [-0.15, -0.1) is 0 Å². The molecule has 1 aliphatic rings. The van der Waals surface area contributed by atoms with Crippen LogP contribution in [0.2, 0.25) is 0 Å². The van der Waals surface area contributed by atoms with Crippen LogP contribution in [0.25, 0.3) is 27.6 Å². The second kappa shape index (κ2) is 9.54. The molecule has 0 saturated heterocycles. The van der Waals surface area contributed by atoms with Crippen molar-refractivity contribution in [1.82, 2.24) is 4.98 Å². The summed E-state index contributed by atoms with van der Waals surface area (Å²) in [6.07, 6.45) is 18.4. The van der Waals surface area contributed by atoms with Crippen molar-refractivity contribution in [2.24, 2.45) is 0 Å². The molecule has 1 aromatic heterocycles. The molecule has 0 unspecified atom stereocenters. The van der Waals surface area contributed by atoms with Gasteiger partial charge in [-0.3, -0.25) is 4.98 Å². The van der Waals surface area contributed by atoms with E-state index < -0.39 is 0 Å². The van der Waals surface area contributed by atoms with Crippen molar-refractivity contribution in [1.29, 1.82) is 0 Å². The van der Waals surface area contributed by atoms with E-state index >= 15 is 0 Å². The maximum Gasteiger partial charge on any atom is 0.0746 e. The number of pyridine rings is 1. The standard InChI is InChI=1S/C29H29N/c1-3-5-17-27-26(24(12-4-2)22-13-8-6-9-14-22)18-19-28-25(20-21-30-29(27)28)23-15-10-7-11-16-23/h4,7-8,10-16,18-21H,2-3,5-6,9,17H2,1H3/b24-12-. The lowest BCUT2D eigenvalue weighted by Gasteiger charge is -2.19. The molecule has 0 fully saturated rings. The lowest BCUT2D eigenvalue weighted by atomic mass is 9.86. The molecule has 0 atom stereocenters. The smallest absolute Gasteiger partial charge is 0.0746 e. The van der Waals surface area contributed by atoms with Gasteiger partial charge < -0.3 is 0 Å². The van der Waals surface area contributed by atoms with Gasteiger partial charge in [-0.1, -0.05) is 92.8 Å². The maximum atomic E-state index is 4.88. The molecule has 1 heterocycles. The van der Waals surface area contributed by atoms with E-state index in [9.17, 15) is 0 Å². The molecule has 150 valence electrons. The van der Waals surface area contributed by atoms with Crippen molar-refractivity contribution >= 4 is 16.5 Å². The Bertz CT molecular complexity index is 1130. The molecule has 2 aromatic carbocycles. The fraction of sp³-hybridized carbons (Fsp3) is 0.207. The Morgan fingerprint density at radius 3 is 2.67 bits per heavy atom. The van der Waals surface area contributed by atoms with Crippen LogP contribution in [0.4, 0.5) is 0 Å². The van der Waals surface area contributed by atoms with Gasteiger partial charge in [0.1, 0.15) is 0 Å². The molecule has 1 aliphatic carbocycles. The van der Waals surface area contributed by atoms with E-state index in [0.717, 1.165) is 37.6 Å². The first-order chi connectivity index (χ1) is 14.8. The zero-order chi connectivity index (χ0) is 20.8. The van der Waals surface area contributed by atoms with E-state index in [1.54, 1.807) is 0 Å². The summed E-state index contributed by atoms with van der Waals surface area (Å²) in [4.78, 5) is 4.88. The number of allylic oxidation sites excluding steroid dienone is 7. The minimum absolute atomic E-state index is 1.03. The molecular formula is C29H29N. The van der Waals surface area contributed by atoms with E-state index in [0.29, 0.717) is 0 Å². The molecule has 1 nitrogen and oxygen atoms in total. The van der Waals surface area contributed by atoms with Crippen molar-refractivity contribution in [3.8, 4) is 11.1 Å². The molecule has 1 heteroatoms. The zero-order valence-corrected chi connectivity index (χ0v) is 17.8. The van der Waals surface area contributed by atoms with E-state index in [4.69, 9.17) is 4.98 Å². The summed E-state index contributed by atoms with van der Waals surface area (Å²) in [6.45, 7) is 6.24. The van der Waals surface area contributed by atoms with E-state index in [1.807, 2.05) is 12.3 Å². The van der Waals surface area contributed by atoms with Crippen molar-refractivity contribution in [3.63, 3.8) is 0 Å². The number of fused-ring (bicyclic) bond motifs is 1. The topological polar surface area (TPSA) is 12.9 Å². The number of aromatic nitrogens is 1. The van der Waals surface area contributed by atoms with E-state index in [2.05, 4.69) is 86.3 Å². The highest BCUT2D eigenvalue weighted by atomic mass is 14.7. The van der Waals surface area contributed by atoms with E-state index in [1.165, 1.54) is 38.8 Å². The third-order valence-corrected chi connectivity index (χ3v) is 5.76. The van der Waals surface area contributed by atoms with Crippen LogP contribution >= 0.6 is 0 Å². The van der Waals surface area contributed by atoms with Gasteiger partial charge in [-0.05, 0) is 65.1 Å². The Morgan fingerprint density at radius 2 is 1.93 bits per heavy atom. The molecule has 0 N–H and O–H groups in total. The zero-order valence-electron chi connectivity index (χ0n) is 17.8. The highest BCUT2D eigenvalue weighted by Crippen LogP contribution is 2.36. The summed E-state index contributed by atoms with van der Waals surface area (Å²) in [6, 6.07) is 17.3. The highest BCUT2D eigenvalue weighted by Gasteiger charge is 2.16. The van der Waals surface area contributed by atoms with Crippen LogP contribution in [0, 0.1) is 0 Å². The summed E-state index contributed by atoms with van der Waals surface area (Å²) in [5.74, 6) is 0. The van der Waals surface area contributed by atoms with Crippen LogP contribution in [0.1, 0.15) is 43.7 Å². The normalized spacial score (nSPS) is 14.0. The molecule has 0 spiro atoms. The largest absolute Gasteiger partial charge is 0.256 e. The molecule has 0 saturated carbocycles. The summed E-state index contributed by atoms with van der Waals surface area (Å²) >= 11 is 0. The second-order valence-electron chi connectivity index (χ2n) is 7.77. The van der Waals surface area contributed by atoms with Crippen molar-refractivity contribution < 1.29 is 0 Å². The van der Waals surface area contributed by atoms with Crippen LogP contribution in [-0.4, -0.2) is 4.98 Å². The molecule has 4 rings (SSSR count). The first-order valence-corrected chi connectivity index (χ1v) is 11.0. The van der Waals surface area contributed by atoms with Crippen LogP contribution < -0.4 is 0 Å². The number of benzene rings is 2. The maximum absolute atomic E-state index is 4.88. The number of hydrogen-bond acceptors (Lipinski definition) is 1. The van der Waals surface area contributed by atoms with Gasteiger partial charge in [0.15, 0.2) is 0 Å². The fourth-order valence-electron chi connectivity index (χ4n) is 4.28. The number of unbranched alkanes of at least 4 members (excludes halogenated alkanes) is 1. The third-order valence-electron chi connectivity index (χ3n) is 5.76. The monoisotopic (exact) mass is 391 g/mol. The molecule has 0 amide bonds. The van der Waals surface area contributed by atoms with Crippen LogP contribution in [0.5, 0.6) is 0 Å². The Kier molecular flexibility index (Phi) is 6.39. The third kappa shape index (κ3) is 4.07. The minimum atomic E-state index is 1.03. The Balaban J connectivity index is 1.94. The Morgan fingerprint density at radius 1 is 1.07 bits per heavy atom. The van der Waals surface area contributed by atoms with Gasteiger partial charge in [0.2, 0.25) is 0 Å². The Hall–Kier alpha value is -3.19. The van der Waals surface area contributed by atoms with Gasteiger partial charge in [0.25, 0.3) is 0 Å². The lowest BCUT2D eigenvalue weighted by molar-refractivity contribution is 0.796. The predicted molar refractivity (Wildman–Crippen MR) is 130 cm³/mol. The van der Waals surface area contributed by atoms with Gasteiger partial charge in [0, 0.05) is 11.6 Å². The summed E-state index contributed by atoms with van der Waals surface area (Å²) < 4.78 is 0. The average Bonchev–Trinajstić information content (AvgIpc) is 2.82. The SMILES string of the molecule is C=C/C=C(/C1=CCCC=C1)c1ccc2c(-c3ccccc3)ccnc2c1CCCC. The summed E-state index contributed by atoms with van der Waals surface area (Å²) in [5.41, 5.74) is 8.78. The number of hydrogen-bond donors (Lipinski definition) is 0. The van der Waals surface area contributed by atoms with Crippen molar-refractivity contribution in [3.05, 3.63) is 108 Å². The minimum Gasteiger partial charge on any atom is -0.256 e. The van der Waals surface area contributed by atoms with E-state index in [-0.39, 0.29) is 0 Å². The van der Waals surface area contributed by atoms with Gasteiger partial charge in [0.05, 0.1) is 5.52 Å². The van der Waals surface area contributed by atoms with Gasteiger partial charge >= 0.3 is 0 Å². The van der Waals surface area contributed by atoms with Crippen molar-refractivity contribution in [2.75, 3.05) is 0 Å². The number of aryl methyl sites for hydroxylation is 1.